The molecule has 1 fully saturated rings. The number of carbonyl (C=O) groups is 1. The molecule has 17 heavy (non-hydrogen) atoms. The van der Waals surface area contributed by atoms with E-state index in [9.17, 15) is 4.79 Å². The van der Waals surface area contributed by atoms with E-state index in [2.05, 4.69) is 10.3 Å². The molecule has 0 bridgehead atoms. The van der Waals surface area contributed by atoms with Gasteiger partial charge in [0.05, 0.1) is 12.1 Å². The van der Waals surface area contributed by atoms with E-state index in [1.165, 1.54) is 0 Å². The van der Waals surface area contributed by atoms with Crippen LogP contribution in [0.15, 0.2) is 18.2 Å². The maximum absolute atomic E-state index is 11.9. The minimum Gasteiger partial charge on any atom is -0.384 e. The van der Waals surface area contributed by atoms with Crippen molar-refractivity contribution in [2.24, 2.45) is 0 Å². The van der Waals surface area contributed by atoms with Crippen LogP contribution in [0.2, 0.25) is 0 Å². The van der Waals surface area contributed by atoms with Gasteiger partial charge in [-0.15, -0.1) is 12.4 Å². The molecule has 0 aromatic carbocycles. The van der Waals surface area contributed by atoms with E-state index in [0.29, 0.717) is 24.7 Å². The fourth-order valence-electron chi connectivity index (χ4n) is 1.68. The smallest absolute Gasteiger partial charge is 0.270 e. The number of nitrogen functional groups attached to an aromatic ring is 1. The highest BCUT2D eigenvalue weighted by Gasteiger charge is 2.31. The predicted octanol–water partition coefficient (Wildman–Crippen LogP) is 0.994. The summed E-state index contributed by atoms with van der Waals surface area (Å²) >= 11 is 0. The highest BCUT2D eigenvalue weighted by molar-refractivity contribution is 5.93. The molecule has 0 radical (unpaired) electrons. The number of nitrogens with one attached hydrogen (secondary N) is 1. The van der Waals surface area contributed by atoms with Crippen LogP contribution in [-0.4, -0.2) is 29.6 Å². The van der Waals surface area contributed by atoms with Crippen molar-refractivity contribution >= 4 is 24.1 Å². The van der Waals surface area contributed by atoms with E-state index in [-0.39, 0.29) is 23.9 Å². The van der Waals surface area contributed by atoms with Crippen LogP contribution in [-0.2, 0) is 4.74 Å². The summed E-state index contributed by atoms with van der Waals surface area (Å²) in [4.78, 5) is 15.8. The molecular formula is C11H16ClN3O2. The van der Waals surface area contributed by atoms with Gasteiger partial charge >= 0.3 is 0 Å². The van der Waals surface area contributed by atoms with Crippen molar-refractivity contribution < 1.29 is 9.53 Å². The second-order valence-electron chi connectivity index (χ2n) is 4.27. The Bertz CT molecular complexity index is 405. The molecule has 1 aromatic heterocycles. The van der Waals surface area contributed by atoms with Crippen LogP contribution in [0.4, 0.5) is 5.82 Å². The van der Waals surface area contributed by atoms with Crippen molar-refractivity contribution in [2.45, 2.75) is 18.9 Å². The second-order valence-corrected chi connectivity index (χ2v) is 4.27. The number of rotatable bonds is 2. The number of amides is 1. The van der Waals surface area contributed by atoms with E-state index >= 15 is 0 Å². The summed E-state index contributed by atoms with van der Waals surface area (Å²) in [7, 11) is 0. The fraction of sp³-hybridized carbons (Fsp3) is 0.455. The first-order valence-corrected chi connectivity index (χ1v) is 5.22. The molecule has 3 N–H and O–H groups in total. The largest absolute Gasteiger partial charge is 0.384 e. The average Bonchev–Trinajstić information content (AvgIpc) is 2.65. The topological polar surface area (TPSA) is 77.2 Å². The van der Waals surface area contributed by atoms with Gasteiger partial charge in [-0.1, -0.05) is 6.07 Å². The molecule has 5 nitrogen and oxygen atoms in total. The number of carbonyl (C=O) groups excluding carboxylic acids is 1. The molecule has 1 amide bonds. The van der Waals surface area contributed by atoms with Crippen molar-refractivity contribution in [3.8, 4) is 0 Å². The molecule has 2 rings (SSSR count). The normalized spacial score (nSPS) is 22.9. The second kappa shape index (κ2) is 5.33. The van der Waals surface area contributed by atoms with Gasteiger partial charge in [-0.05, 0) is 25.5 Å². The third kappa shape index (κ3) is 3.31. The van der Waals surface area contributed by atoms with E-state index in [0.717, 1.165) is 6.42 Å². The minimum atomic E-state index is -0.288. The highest BCUT2D eigenvalue weighted by Crippen LogP contribution is 2.18. The summed E-state index contributed by atoms with van der Waals surface area (Å²) in [6.07, 6.45) is 0.820. The third-order valence-corrected chi connectivity index (χ3v) is 2.64. The number of ether oxygens (including phenoxy) is 1. The lowest BCUT2D eigenvalue weighted by molar-refractivity contribution is 0.0885. The first-order chi connectivity index (χ1) is 7.59. The van der Waals surface area contributed by atoms with E-state index in [1.54, 1.807) is 18.2 Å². The van der Waals surface area contributed by atoms with Crippen molar-refractivity contribution in [3.63, 3.8) is 0 Å². The summed E-state index contributed by atoms with van der Waals surface area (Å²) < 4.78 is 5.26. The Morgan fingerprint density at radius 3 is 2.94 bits per heavy atom. The molecule has 0 saturated carbocycles. The van der Waals surface area contributed by atoms with Gasteiger partial charge in [0, 0.05) is 6.61 Å². The van der Waals surface area contributed by atoms with Crippen molar-refractivity contribution in [2.75, 3.05) is 18.9 Å². The molecule has 1 unspecified atom stereocenters. The third-order valence-electron chi connectivity index (χ3n) is 2.64. The summed E-state index contributed by atoms with van der Waals surface area (Å²) in [6, 6.07) is 5.01. The maximum Gasteiger partial charge on any atom is 0.270 e. The molecule has 1 aromatic rings. The number of hydrogen-bond donors (Lipinski definition) is 2. The van der Waals surface area contributed by atoms with E-state index in [1.807, 2.05) is 6.92 Å². The number of hydrogen-bond acceptors (Lipinski definition) is 4. The Kier molecular flexibility index (Phi) is 4.31. The zero-order chi connectivity index (χ0) is 11.6. The lowest BCUT2D eigenvalue weighted by atomic mass is 10.0. The monoisotopic (exact) mass is 257 g/mol. The molecule has 0 aliphatic carbocycles. The first kappa shape index (κ1) is 13.7. The van der Waals surface area contributed by atoms with Crippen LogP contribution in [0.5, 0.6) is 0 Å². The summed E-state index contributed by atoms with van der Waals surface area (Å²) in [5.41, 5.74) is 5.57. The Balaban J connectivity index is 0.00000144. The standard InChI is InChI=1S/C11H15N3O2.ClH/c1-11(5-6-16-7-11)14-10(15)8-3-2-4-9(12)13-8;/h2-4H,5-7H2,1H3,(H2,12,13)(H,14,15);1H. The van der Waals surface area contributed by atoms with Crippen LogP contribution >= 0.6 is 12.4 Å². The number of anilines is 1. The van der Waals surface area contributed by atoms with Gasteiger partial charge in [0.1, 0.15) is 11.5 Å². The zero-order valence-electron chi connectivity index (χ0n) is 9.60. The van der Waals surface area contributed by atoms with Crippen LogP contribution in [0.3, 0.4) is 0 Å². The molecular weight excluding hydrogens is 242 g/mol. The first-order valence-electron chi connectivity index (χ1n) is 5.22. The summed E-state index contributed by atoms with van der Waals surface area (Å²) in [5.74, 6) is 0.140. The van der Waals surface area contributed by atoms with E-state index in [4.69, 9.17) is 10.5 Å². The number of halogens is 1. The van der Waals surface area contributed by atoms with Crippen molar-refractivity contribution in [1.29, 1.82) is 0 Å². The Labute approximate surface area is 106 Å². The van der Waals surface area contributed by atoms with Crippen molar-refractivity contribution in [3.05, 3.63) is 23.9 Å². The molecule has 1 aliphatic rings. The van der Waals surface area contributed by atoms with Crippen LogP contribution in [0, 0.1) is 0 Å². The van der Waals surface area contributed by atoms with Gasteiger partial charge < -0.3 is 15.8 Å². The SMILES string of the molecule is CC1(NC(=O)c2cccc(N)n2)CCOC1.Cl. The quantitative estimate of drug-likeness (QED) is 0.829. The fourth-order valence-corrected chi connectivity index (χ4v) is 1.68. The van der Waals surface area contributed by atoms with Gasteiger partial charge in [-0.25, -0.2) is 4.98 Å². The highest BCUT2D eigenvalue weighted by atomic mass is 35.5. The lowest BCUT2D eigenvalue weighted by Gasteiger charge is -2.23. The molecule has 2 heterocycles. The zero-order valence-corrected chi connectivity index (χ0v) is 10.4. The number of nitrogens with zero attached hydrogens (tertiary/aromatic N) is 1. The number of nitrogens with two attached hydrogens (primary N) is 1. The molecule has 1 saturated heterocycles. The lowest BCUT2D eigenvalue weighted by Crippen LogP contribution is -2.46. The van der Waals surface area contributed by atoms with Gasteiger partial charge in [0.2, 0.25) is 0 Å². The molecule has 6 heteroatoms. The Hall–Kier alpha value is -1.33. The van der Waals surface area contributed by atoms with Gasteiger partial charge in [0.15, 0.2) is 0 Å². The molecule has 0 spiro atoms. The summed E-state index contributed by atoms with van der Waals surface area (Å²) in [5, 5.41) is 2.92. The van der Waals surface area contributed by atoms with Gasteiger partial charge in [0.25, 0.3) is 5.91 Å². The molecule has 1 aliphatic heterocycles. The average molecular weight is 258 g/mol. The number of pyridine rings is 1. The predicted molar refractivity (Wildman–Crippen MR) is 67.2 cm³/mol. The maximum atomic E-state index is 11.9. The van der Waals surface area contributed by atoms with Crippen LogP contribution < -0.4 is 11.1 Å². The van der Waals surface area contributed by atoms with Crippen molar-refractivity contribution in [1.82, 2.24) is 10.3 Å². The minimum absolute atomic E-state index is 0. The Morgan fingerprint density at radius 1 is 1.59 bits per heavy atom. The summed E-state index contributed by atoms with van der Waals surface area (Å²) in [6.45, 7) is 3.19. The molecule has 94 valence electrons. The van der Waals surface area contributed by atoms with Gasteiger partial charge in [-0.3, -0.25) is 4.79 Å². The van der Waals surface area contributed by atoms with Crippen LogP contribution in [0.1, 0.15) is 23.8 Å². The molecule has 1 atom stereocenters. The van der Waals surface area contributed by atoms with Gasteiger partial charge in [-0.2, -0.15) is 0 Å². The van der Waals surface area contributed by atoms with E-state index < -0.39 is 0 Å². The van der Waals surface area contributed by atoms with Crippen LogP contribution in [0.25, 0.3) is 0 Å². The Morgan fingerprint density at radius 2 is 2.35 bits per heavy atom. The number of aromatic nitrogens is 1.